The van der Waals surface area contributed by atoms with Crippen LogP contribution in [0.1, 0.15) is 6.04 Å². The molecule has 1 aromatic heterocycles. The van der Waals surface area contributed by atoms with Crippen LogP contribution >= 0.6 is 0 Å². The van der Waals surface area contributed by atoms with Gasteiger partial charge in [0.25, 0.3) is 0 Å². The van der Waals surface area contributed by atoms with Crippen LogP contribution in [-0.2, 0) is 0 Å². The van der Waals surface area contributed by atoms with Gasteiger partial charge in [0.2, 0.25) is 0 Å². The van der Waals surface area contributed by atoms with Crippen molar-refractivity contribution in [1.29, 1.82) is 0 Å². The number of nitrogens with zero attached hydrogens (tertiary/aromatic N) is 2. The van der Waals surface area contributed by atoms with Gasteiger partial charge in [-0.2, -0.15) is 18.3 Å². The van der Waals surface area contributed by atoms with Crippen LogP contribution in [0.3, 0.4) is 0 Å². The quantitative estimate of drug-likeness (QED) is 0.658. The molecule has 2 rings (SSSR count). The van der Waals surface area contributed by atoms with Gasteiger partial charge in [-0.1, -0.05) is 0 Å². The van der Waals surface area contributed by atoms with Gasteiger partial charge in [0.05, 0.1) is 18.8 Å². The summed E-state index contributed by atoms with van der Waals surface area (Å²) >= 11 is 0. The summed E-state index contributed by atoms with van der Waals surface area (Å²) in [7, 11) is 0. The largest absolute Gasteiger partial charge is 0.401 e. The van der Waals surface area contributed by atoms with Gasteiger partial charge < -0.3 is 16.0 Å². The second kappa shape index (κ2) is 5.57. The summed E-state index contributed by atoms with van der Waals surface area (Å²) in [5, 5.41) is 12.7. The van der Waals surface area contributed by atoms with E-state index in [-0.39, 0.29) is 6.54 Å². The highest BCUT2D eigenvalue weighted by Gasteiger charge is 2.26. The molecule has 0 aliphatic carbocycles. The molecule has 1 aliphatic rings. The number of hydrogen-bond acceptors (Lipinski definition) is 4. The van der Waals surface area contributed by atoms with Crippen molar-refractivity contribution in [2.24, 2.45) is 0 Å². The summed E-state index contributed by atoms with van der Waals surface area (Å²) in [5.74, 6) is 0.843. The summed E-state index contributed by atoms with van der Waals surface area (Å²) < 4.78 is 37.5. The maximum Gasteiger partial charge on any atom is 0.401 e. The molecule has 0 amide bonds. The molecule has 102 valence electrons. The Hall–Kier alpha value is -1.28. The van der Waals surface area contributed by atoms with Crippen LogP contribution in [0.25, 0.3) is 0 Å². The molecule has 2 heterocycles. The highest BCUT2D eigenvalue weighted by atomic mass is 19.4. The second-order valence-electron chi connectivity index (χ2n) is 4.19. The van der Waals surface area contributed by atoms with E-state index >= 15 is 0 Å². The van der Waals surface area contributed by atoms with Crippen LogP contribution in [-0.4, -0.2) is 48.7 Å². The van der Waals surface area contributed by atoms with E-state index in [4.69, 9.17) is 0 Å². The van der Waals surface area contributed by atoms with E-state index in [0.29, 0.717) is 12.6 Å². The molecule has 0 unspecified atom stereocenters. The van der Waals surface area contributed by atoms with Crippen molar-refractivity contribution in [1.82, 2.24) is 20.4 Å². The van der Waals surface area contributed by atoms with Gasteiger partial charge in [0.1, 0.15) is 5.82 Å². The predicted molar refractivity (Wildman–Crippen MR) is 61.5 cm³/mol. The minimum absolute atomic E-state index is 0.258. The highest BCUT2D eigenvalue weighted by molar-refractivity contribution is 5.34. The lowest BCUT2D eigenvalue weighted by Crippen LogP contribution is -2.44. The molecule has 0 saturated carbocycles. The first kappa shape index (κ1) is 13.2. The Kier molecular flexibility index (Phi) is 4.07. The summed E-state index contributed by atoms with van der Waals surface area (Å²) in [4.78, 5) is 0. The minimum atomic E-state index is -4.15. The minimum Gasteiger partial charge on any atom is -0.369 e. The second-order valence-corrected chi connectivity index (χ2v) is 4.19. The van der Waals surface area contributed by atoms with Crippen molar-refractivity contribution in [2.45, 2.75) is 12.2 Å². The van der Waals surface area contributed by atoms with E-state index in [9.17, 15) is 13.2 Å². The van der Waals surface area contributed by atoms with Gasteiger partial charge in [0, 0.05) is 32.2 Å². The molecular formula is C10H16F3N5. The van der Waals surface area contributed by atoms with E-state index in [1.807, 2.05) is 10.7 Å². The predicted octanol–water partition coefficient (Wildman–Crippen LogP) is 0.591. The summed E-state index contributed by atoms with van der Waals surface area (Å²) in [6.45, 7) is 1.49. The fraction of sp³-hybridized carbons (Fsp3) is 0.700. The Balaban J connectivity index is 1.69. The van der Waals surface area contributed by atoms with Gasteiger partial charge >= 0.3 is 6.18 Å². The van der Waals surface area contributed by atoms with E-state index in [1.165, 1.54) is 0 Å². The van der Waals surface area contributed by atoms with Crippen LogP contribution in [0, 0.1) is 0 Å². The molecule has 18 heavy (non-hydrogen) atoms. The summed E-state index contributed by atoms with van der Waals surface area (Å²) in [5.41, 5.74) is 0. The smallest absolute Gasteiger partial charge is 0.369 e. The lowest BCUT2D eigenvalue weighted by Gasteiger charge is -2.28. The average molecular weight is 263 g/mol. The first-order valence-corrected chi connectivity index (χ1v) is 5.82. The number of hydrogen-bond donors (Lipinski definition) is 3. The highest BCUT2D eigenvalue weighted by Crippen LogP contribution is 2.17. The number of halogens is 3. The normalized spacial score (nSPS) is 16.6. The zero-order chi connectivity index (χ0) is 13.0. The van der Waals surface area contributed by atoms with Crippen molar-refractivity contribution in [3.8, 4) is 0 Å². The molecule has 0 atom stereocenters. The van der Waals surface area contributed by atoms with Crippen LogP contribution in [0.2, 0.25) is 0 Å². The van der Waals surface area contributed by atoms with Gasteiger partial charge in [-0.3, -0.25) is 0 Å². The lowest BCUT2D eigenvalue weighted by atomic mass is 10.2. The van der Waals surface area contributed by atoms with Crippen molar-refractivity contribution in [2.75, 3.05) is 38.0 Å². The summed E-state index contributed by atoms with van der Waals surface area (Å²) in [6, 6.07) is 2.16. The Labute approximate surface area is 103 Å². The molecular weight excluding hydrogens is 247 g/mol. The van der Waals surface area contributed by atoms with Gasteiger partial charge in [-0.15, -0.1) is 0 Å². The Bertz CT molecular complexity index is 372. The SMILES string of the molecule is FC(F)(F)CNCCNc1ccnn1C1CNC1. The maximum atomic E-state index is 11.9. The number of rotatable bonds is 6. The molecule has 0 spiro atoms. The fourth-order valence-corrected chi connectivity index (χ4v) is 1.70. The Morgan fingerprint density at radius 1 is 1.39 bits per heavy atom. The number of nitrogens with one attached hydrogen (secondary N) is 3. The van der Waals surface area contributed by atoms with Gasteiger partial charge in [0.15, 0.2) is 0 Å². The zero-order valence-electron chi connectivity index (χ0n) is 9.80. The van der Waals surface area contributed by atoms with Gasteiger partial charge in [-0.05, 0) is 0 Å². The third-order valence-electron chi connectivity index (χ3n) is 2.71. The molecule has 0 aromatic carbocycles. The molecule has 1 aliphatic heterocycles. The van der Waals surface area contributed by atoms with Crippen molar-refractivity contribution in [3.05, 3.63) is 12.3 Å². The van der Waals surface area contributed by atoms with E-state index in [2.05, 4.69) is 21.0 Å². The maximum absolute atomic E-state index is 11.9. The standard InChI is InChI=1S/C10H16F3N5/c11-10(12,13)7-14-3-4-16-9-1-2-17-18(9)8-5-15-6-8/h1-2,8,14-16H,3-7H2. The molecule has 0 radical (unpaired) electrons. The first-order chi connectivity index (χ1) is 8.56. The molecule has 8 heteroatoms. The topological polar surface area (TPSA) is 53.9 Å². The first-order valence-electron chi connectivity index (χ1n) is 5.82. The van der Waals surface area contributed by atoms with Crippen molar-refractivity contribution < 1.29 is 13.2 Å². The van der Waals surface area contributed by atoms with E-state index < -0.39 is 12.7 Å². The Morgan fingerprint density at radius 2 is 2.17 bits per heavy atom. The molecule has 5 nitrogen and oxygen atoms in total. The van der Waals surface area contributed by atoms with Crippen LogP contribution in [0.5, 0.6) is 0 Å². The fourth-order valence-electron chi connectivity index (χ4n) is 1.70. The third-order valence-corrected chi connectivity index (χ3v) is 2.71. The third kappa shape index (κ3) is 3.61. The van der Waals surface area contributed by atoms with Gasteiger partial charge in [-0.25, -0.2) is 4.68 Å². The molecule has 3 N–H and O–H groups in total. The van der Waals surface area contributed by atoms with Crippen LogP contribution < -0.4 is 16.0 Å². The monoisotopic (exact) mass is 263 g/mol. The number of alkyl halides is 3. The summed E-state index contributed by atoms with van der Waals surface area (Å²) in [6.07, 6.45) is -2.47. The average Bonchev–Trinajstić information content (AvgIpc) is 2.61. The van der Waals surface area contributed by atoms with E-state index in [0.717, 1.165) is 18.9 Å². The molecule has 1 saturated heterocycles. The number of anilines is 1. The van der Waals surface area contributed by atoms with Crippen molar-refractivity contribution in [3.63, 3.8) is 0 Å². The molecule has 1 aromatic rings. The zero-order valence-corrected chi connectivity index (χ0v) is 9.80. The van der Waals surface area contributed by atoms with Crippen LogP contribution in [0.15, 0.2) is 12.3 Å². The number of aromatic nitrogens is 2. The molecule has 0 bridgehead atoms. The Morgan fingerprint density at radius 3 is 2.78 bits per heavy atom. The van der Waals surface area contributed by atoms with Crippen molar-refractivity contribution >= 4 is 5.82 Å². The lowest BCUT2D eigenvalue weighted by molar-refractivity contribution is -0.124. The molecule has 1 fully saturated rings. The van der Waals surface area contributed by atoms with Crippen LogP contribution in [0.4, 0.5) is 19.0 Å². The van der Waals surface area contributed by atoms with E-state index in [1.54, 1.807) is 6.20 Å².